The summed E-state index contributed by atoms with van der Waals surface area (Å²) in [7, 11) is 1.83. The lowest BCUT2D eigenvalue weighted by molar-refractivity contribution is -0.0518. The van der Waals surface area contributed by atoms with E-state index in [0.717, 1.165) is 51.0 Å². The number of hydrogen-bond donors (Lipinski definition) is 1. The Morgan fingerprint density at radius 1 is 1.19 bits per heavy atom. The maximum absolute atomic E-state index is 5.94. The Morgan fingerprint density at radius 3 is 2.71 bits per heavy atom. The van der Waals surface area contributed by atoms with E-state index in [-0.39, 0.29) is 5.60 Å². The van der Waals surface area contributed by atoms with Gasteiger partial charge in [0.25, 0.3) is 0 Å². The Morgan fingerprint density at radius 2 is 2.00 bits per heavy atom. The number of nitrogens with zero attached hydrogens (tertiary/aromatic N) is 2. The molecule has 1 fully saturated rings. The summed E-state index contributed by atoms with van der Waals surface area (Å²) in [4.78, 5) is 9.90. The molecule has 0 bridgehead atoms. The van der Waals surface area contributed by atoms with Gasteiger partial charge >= 0.3 is 0 Å². The fourth-order valence-electron chi connectivity index (χ4n) is 3.73. The molecule has 3 rings (SSSR count). The van der Waals surface area contributed by atoms with Crippen molar-refractivity contribution >= 4 is 0 Å². The van der Waals surface area contributed by atoms with Crippen molar-refractivity contribution in [3.05, 3.63) is 22.8 Å². The summed E-state index contributed by atoms with van der Waals surface area (Å²) in [6, 6.07) is 0. The molecule has 0 aromatic carbocycles. The third-order valence-corrected chi connectivity index (χ3v) is 4.97. The standard InChI is InChI=1S/C17H27N3O/c1-3-7-14-13-8-11-18-12-15(13)20-16(19-14)17(21-2)9-5-4-6-10-17/h18H,3-12H2,1-2H3. The lowest BCUT2D eigenvalue weighted by atomic mass is 9.83. The van der Waals surface area contributed by atoms with Gasteiger partial charge in [0, 0.05) is 19.3 Å². The van der Waals surface area contributed by atoms with Crippen molar-refractivity contribution < 1.29 is 4.74 Å². The minimum Gasteiger partial charge on any atom is -0.370 e. The van der Waals surface area contributed by atoms with Crippen LogP contribution < -0.4 is 5.32 Å². The average Bonchev–Trinajstić information content (AvgIpc) is 2.55. The number of nitrogens with one attached hydrogen (secondary N) is 1. The quantitative estimate of drug-likeness (QED) is 0.926. The van der Waals surface area contributed by atoms with Crippen LogP contribution in [0.15, 0.2) is 0 Å². The Bertz CT molecular complexity index is 495. The van der Waals surface area contributed by atoms with E-state index in [1.165, 1.54) is 36.2 Å². The normalized spacial score (nSPS) is 21.0. The van der Waals surface area contributed by atoms with Gasteiger partial charge in [-0.1, -0.05) is 32.6 Å². The fraction of sp³-hybridized carbons (Fsp3) is 0.765. The highest BCUT2D eigenvalue weighted by Crippen LogP contribution is 2.39. The van der Waals surface area contributed by atoms with Crippen LogP contribution in [-0.4, -0.2) is 23.6 Å². The molecule has 2 aliphatic rings. The van der Waals surface area contributed by atoms with E-state index in [9.17, 15) is 0 Å². The maximum atomic E-state index is 5.94. The number of rotatable bonds is 4. The highest BCUT2D eigenvalue weighted by atomic mass is 16.5. The van der Waals surface area contributed by atoms with Crippen LogP contribution in [0.3, 0.4) is 0 Å². The lowest BCUT2D eigenvalue weighted by Gasteiger charge is -2.35. The molecule has 1 aliphatic heterocycles. The van der Waals surface area contributed by atoms with Gasteiger partial charge in [-0.05, 0) is 37.8 Å². The fourth-order valence-corrected chi connectivity index (χ4v) is 3.73. The van der Waals surface area contributed by atoms with Crippen LogP contribution in [0.5, 0.6) is 0 Å². The van der Waals surface area contributed by atoms with E-state index in [1.807, 2.05) is 7.11 Å². The second kappa shape index (κ2) is 6.41. The van der Waals surface area contributed by atoms with Crippen molar-refractivity contribution in [1.29, 1.82) is 0 Å². The molecule has 0 atom stereocenters. The molecule has 0 unspecified atom stereocenters. The Balaban J connectivity index is 2.03. The summed E-state index contributed by atoms with van der Waals surface area (Å²) in [5.41, 5.74) is 3.62. The molecule has 1 aromatic rings. The van der Waals surface area contributed by atoms with Crippen LogP contribution in [0.25, 0.3) is 0 Å². The summed E-state index contributed by atoms with van der Waals surface area (Å²) < 4.78 is 5.94. The molecule has 4 nitrogen and oxygen atoms in total. The van der Waals surface area contributed by atoms with Gasteiger partial charge in [-0.3, -0.25) is 0 Å². The van der Waals surface area contributed by atoms with E-state index >= 15 is 0 Å². The molecule has 0 spiro atoms. The van der Waals surface area contributed by atoms with E-state index < -0.39 is 0 Å². The lowest BCUT2D eigenvalue weighted by Crippen LogP contribution is -2.36. The monoisotopic (exact) mass is 289 g/mol. The number of fused-ring (bicyclic) bond motifs is 1. The van der Waals surface area contributed by atoms with Crippen molar-refractivity contribution in [2.75, 3.05) is 13.7 Å². The molecule has 116 valence electrons. The van der Waals surface area contributed by atoms with Crippen LogP contribution in [0.2, 0.25) is 0 Å². The zero-order chi connectivity index (χ0) is 14.7. The van der Waals surface area contributed by atoms with Gasteiger partial charge in [0.1, 0.15) is 5.60 Å². The Labute approximate surface area is 127 Å². The molecule has 2 heterocycles. The molecule has 0 saturated heterocycles. The summed E-state index contributed by atoms with van der Waals surface area (Å²) in [6.07, 6.45) is 9.10. The van der Waals surface area contributed by atoms with Crippen molar-refractivity contribution in [3.63, 3.8) is 0 Å². The molecule has 1 N–H and O–H groups in total. The molecular formula is C17H27N3O. The molecular weight excluding hydrogens is 262 g/mol. The number of aromatic nitrogens is 2. The van der Waals surface area contributed by atoms with Crippen molar-refractivity contribution in [1.82, 2.24) is 15.3 Å². The van der Waals surface area contributed by atoms with Gasteiger partial charge in [0.05, 0.1) is 5.69 Å². The molecule has 1 saturated carbocycles. The zero-order valence-corrected chi connectivity index (χ0v) is 13.4. The summed E-state index contributed by atoms with van der Waals surface area (Å²) in [5, 5.41) is 3.44. The molecule has 0 amide bonds. The second-order valence-corrected chi connectivity index (χ2v) is 6.36. The number of ether oxygens (including phenoxy) is 1. The van der Waals surface area contributed by atoms with Gasteiger partial charge in [0.15, 0.2) is 5.82 Å². The highest BCUT2D eigenvalue weighted by molar-refractivity contribution is 5.30. The first-order valence-corrected chi connectivity index (χ1v) is 8.44. The molecule has 0 radical (unpaired) electrons. The van der Waals surface area contributed by atoms with Crippen molar-refractivity contribution in [2.45, 2.75) is 70.4 Å². The van der Waals surface area contributed by atoms with E-state index in [4.69, 9.17) is 14.7 Å². The third-order valence-electron chi connectivity index (χ3n) is 4.97. The van der Waals surface area contributed by atoms with Gasteiger partial charge < -0.3 is 10.1 Å². The van der Waals surface area contributed by atoms with Crippen LogP contribution in [0.1, 0.15) is 68.2 Å². The topological polar surface area (TPSA) is 47.0 Å². The molecule has 21 heavy (non-hydrogen) atoms. The van der Waals surface area contributed by atoms with Gasteiger partial charge in [-0.25, -0.2) is 9.97 Å². The zero-order valence-electron chi connectivity index (χ0n) is 13.4. The van der Waals surface area contributed by atoms with E-state index in [2.05, 4.69) is 12.2 Å². The minimum absolute atomic E-state index is 0.243. The molecule has 1 aromatic heterocycles. The smallest absolute Gasteiger partial charge is 0.160 e. The van der Waals surface area contributed by atoms with Gasteiger partial charge in [0.2, 0.25) is 0 Å². The predicted octanol–water partition coefficient (Wildman–Crippen LogP) is 2.88. The Kier molecular flexibility index (Phi) is 4.55. The molecule has 4 heteroatoms. The summed E-state index contributed by atoms with van der Waals surface area (Å²) in [6.45, 7) is 4.14. The summed E-state index contributed by atoms with van der Waals surface area (Å²) >= 11 is 0. The van der Waals surface area contributed by atoms with E-state index in [0.29, 0.717) is 0 Å². The van der Waals surface area contributed by atoms with Crippen molar-refractivity contribution in [2.24, 2.45) is 0 Å². The van der Waals surface area contributed by atoms with Crippen LogP contribution >= 0.6 is 0 Å². The van der Waals surface area contributed by atoms with Crippen molar-refractivity contribution in [3.8, 4) is 0 Å². The predicted molar refractivity (Wildman–Crippen MR) is 83.2 cm³/mol. The Hall–Kier alpha value is -1.00. The third kappa shape index (κ3) is 2.84. The number of methoxy groups -OCH3 is 1. The largest absolute Gasteiger partial charge is 0.370 e. The SMILES string of the molecule is CCCc1nc(C2(OC)CCCCC2)nc2c1CCNC2. The average molecular weight is 289 g/mol. The van der Waals surface area contributed by atoms with Crippen LogP contribution in [-0.2, 0) is 29.7 Å². The second-order valence-electron chi connectivity index (χ2n) is 6.36. The molecule has 1 aliphatic carbocycles. The highest BCUT2D eigenvalue weighted by Gasteiger charge is 2.37. The van der Waals surface area contributed by atoms with Gasteiger partial charge in [-0.2, -0.15) is 0 Å². The van der Waals surface area contributed by atoms with Crippen LogP contribution in [0.4, 0.5) is 0 Å². The minimum atomic E-state index is -0.243. The first kappa shape index (κ1) is 14.9. The summed E-state index contributed by atoms with van der Waals surface area (Å²) in [5.74, 6) is 0.940. The van der Waals surface area contributed by atoms with Gasteiger partial charge in [-0.15, -0.1) is 0 Å². The maximum Gasteiger partial charge on any atom is 0.160 e. The van der Waals surface area contributed by atoms with Crippen LogP contribution in [0, 0.1) is 0 Å². The van der Waals surface area contributed by atoms with E-state index in [1.54, 1.807) is 0 Å². The first-order chi connectivity index (χ1) is 10.3. The number of hydrogen-bond acceptors (Lipinski definition) is 4. The number of aryl methyl sites for hydroxylation is 1. The first-order valence-electron chi connectivity index (χ1n) is 8.44.